The van der Waals surface area contributed by atoms with Gasteiger partial charge in [-0.2, -0.15) is 0 Å². The molecular formula is C19H20BrNO7. The van der Waals surface area contributed by atoms with Gasteiger partial charge < -0.3 is 29.0 Å². The van der Waals surface area contributed by atoms with Crippen molar-refractivity contribution in [3.05, 3.63) is 40.4 Å². The van der Waals surface area contributed by atoms with Gasteiger partial charge >= 0.3 is 5.97 Å². The molecule has 0 spiro atoms. The maximum atomic E-state index is 12.4. The van der Waals surface area contributed by atoms with E-state index < -0.39 is 18.5 Å². The number of nitrogens with one attached hydrogen (secondary N) is 1. The van der Waals surface area contributed by atoms with Gasteiger partial charge in [-0.05, 0) is 46.3 Å². The molecule has 150 valence electrons. The Morgan fingerprint density at radius 2 is 1.57 bits per heavy atom. The first kappa shape index (κ1) is 21.4. The SMILES string of the molecule is COc1ccc(NC(=O)COC(=O)c2cc(OC)c(OC)c(OC)c2Br)cc1. The van der Waals surface area contributed by atoms with Gasteiger partial charge in [0.05, 0.1) is 38.5 Å². The van der Waals surface area contributed by atoms with Crippen molar-refractivity contribution in [3.8, 4) is 23.0 Å². The average Bonchev–Trinajstić information content (AvgIpc) is 2.72. The fourth-order valence-electron chi connectivity index (χ4n) is 2.35. The van der Waals surface area contributed by atoms with Gasteiger partial charge in [0.2, 0.25) is 5.75 Å². The molecule has 1 amide bonds. The summed E-state index contributed by atoms with van der Waals surface area (Å²) in [7, 11) is 5.87. The number of amides is 1. The van der Waals surface area contributed by atoms with Crippen LogP contribution in [0.1, 0.15) is 10.4 Å². The van der Waals surface area contributed by atoms with Gasteiger partial charge in [-0.3, -0.25) is 4.79 Å². The highest BCUT2D eigenvalue weighted by molar-refractivity contribution is 9.10. The molecule has 0 atom stereocenters. The highest BCUT2D eigenvalue weighted by Gasteiger charge is 2.24. The van der Waals surface area contributed by atoms with Gasteiger partial charge in [0.25, 0.3) is 5.91 Å². The minimum absolute atomic E-state index is 0.131. The summed E-state index contributed by atoms with van der Waals surface area (Å²) in [5, 5.41) is 2.63. The van der Waals surface area contributed by atoms with Crippen molar-refractivity contribution >= 4 is 33.5 Å². The Hall–Kier alpha value is -2.94. The number of carbonyl (C=O) groups excluding carboxylic acids is 2. The number of carbonyl (C=O) groups is 2. The number of esters is 1. The lowest BCUT2D eigenvalue weighted by atomic mass is 10.2. The van der Waals surface area contributed by atoms with Gasteiger partial charge in [0.15, 0.2) is 18.1 Å². The molecule has 0 saturated carbocycles. The standard InChI is InChI=1S/C19H20BrNO7/c1-24-12-7-5-11(6-8-12)21-15(22)10-28-19(23)13-9-14(25-2)17(26-3)18(27-4)16(13)20/h5-9H,10H2,1-4H3,(H,21,22). The van der Waals surface area contributed by atoms with Crippen LogP contribution in [0.4, 0.5) is 5.69 Å². The van der Waals surface area contributed by atoms with Crippen molar-refractivity contribution in [2.24, 2.45) is 0 Å². The fourth-order valence-corrected chi connectivity index (χ4v) is 2.97. The number of halogens is 1. The zero-order chi connectivity index (χ0) is 20.7. The highest BCUT2D eigenvalue weighted by Crippen LogP contribution is 2.44. The van der Waals surface area contributed by atoms with E-state index in [1.54, 1.807) is 31.4 Å². The van der Waals surface area contributed by atoms with Crippen LogP contribution < -0.4 is 24.3 Å². The number of hydrogen-bond donors (Lipinski definition) is 1. The van der Waals surface area contributed by atoms with Crippen LogP contribution in [0, 0.1) is 0 Å². The average molecular weight is 454 g/mol. The van der Waals surface area contributed by atoms with Crippen LogP contribution in [0.25, 0.3) is 0 Å². The number of rotatable bonds is 8. The normalized spacial score (nSPS) is 10.0. The Morgan fingerprint density at radius 1 is 0.929 bits per heavy atom. The van der Waals surface area contributed by atoms with Crippen LogP contribution >= 0.6 is 15.9 Å². The molecule has 1 N–H and O–H groups in total. The minimum atomic E-state index is -0.726. The zero-order valence-corrected chi connectivity index (χ0v) is 17.4. The molecule has 9 heteroatoms. The minimum Gasteiger partial charge on any atom is -0.497 e. The molecule has 0 radical (unpaired) electrons. The van der Waals surface area contributed by atoms with Crippen molar-refractivity contribution in [2.45, 2.75) is 0 Å². The topological polar surface area (TPSA) is 92.3 Å². The summed E-state index contributed by atoms with van der Waals surface area (Å²) < 4.78 is 26.2. The van der Waals surface area contributed by atoms with E-state index >= 15 is 0 Å². The van der Waals surface area contributed by atoms with Crippen LogP contribution in [0.15, 0.2) is 34.8 Å². The molecule has 2 aromatic carbocycles. The van der Waals surface area contributed by atoms with Crippen LogP contribution in [0.2, 0.25) is 0 Å². The van der Waals surface area contributed by atoms with E-state index in [0.29, 0.717) is 21.7 Å². The monoisotopic (exact) mass is 453 g/mol. The Morgan fingerprint density at radius 3 is 2.11 bits per heavy atom. The Labute approximate surface area is 170 Å². The molecule has 0 saturated heterocycles. The first-order chi connectivity index (χ1) is 13.4. The summed E-state index contributed by atoms with van der Waals surface area (Å²) in [5.41, 5.74) is 0.683. The zero-order valence-electron chi connectivity index (χ0n) is 15.8. The van der Waals surface area contributed by atoms with Gasteiger partial charge in [0, 0.05) is 5.69 Å². The third-order valence-corrected chi connectivity index (χ3v) is 4.48. The molecule has 2 rings (SSSR count). The van der Waals surface area contributed by atoms with Crippen molar-refractivity contribution in [1.82, 2.24) is 0 Å². The Balaban J connectivity index is 2.08. The first-order valence-corrected chi connectivity index (χ1v) is 8.83. The summed E-state index contributed by atoms with van der Waals surface area (Å²) in [4.78, 5) is 24.5. The Bertz CT molecular complexity index is 852. The molecule has 0 fully saturated rings. The smallest absolute Gasteiger partial charge is 0.340 e. The van der Waals surface area contributed by atoms with E-state index in [4.69, 9.17) is 23.7 Å². The van der Waals surface area contributed by atoms with Gasteiger partial charge in [-0.15, -0.1) is 0 Å². The quantitative estimate of drug-likeness (QED) is 0.612. The van der Waals surface area contributed by atoms with Crippen LogP contribution in [-0.4, -0.2) is 46.9 Å². The summed E-state index contributed by atoms with van der Waals surface area (Å²) >= 11 is 3.30. The highest BCUT2D eigenvalue weighted by atomic mass is 79.9. The van der Waals surface area contributed by atoms with Gasteiger partial charge in [0.1, 0.15) is 5.75 Å². The molecule has 0 heterocycles. The molecule has 0 aliphatic heterocycles. The molecule has 2 aromatic rings. The molecular weight excluding hydrogens is 434 g/mol. The van der Waals surface area contributed by atoms with Crippen molar-refractivity contribution < 1.29 is 33.3 Å². The van der Waals surface area contributed by atoms with Gasteiger partial charge in [-0.1, -0.05) is 0 Å². The second kappa shape index (κ2) is 9.84. The summed E-state index contributed by atoms with van der Waals surface area (Å²) in [6.45, 7) is -0.464. The molecule has 0 aliphatic rings. The Kier molecular flexibility index (Phi) is 7.51. The van der Waals surface area contributed by atoms with Crippen LogP contribution in [-0.2, 0) is 9.53 Å². The van der Waals surface area contributed by atoms with Crippen molar-refractivity contribution in [3.63, 3.8) is 0 Å². The fraction of sp³-hybridized carbons (Fsp3) is 0.263. The van der Waals surface area contributed by atoms with Crippen molar-refractivity contribution in [2.75, 3.05) is 40.4 Å². The number of ether oxygens (including phenoxy) is 5. The molecule has 28 heavy (non-hydrogen) atoms. The number of methoxy groups -OCH3 is 4. The lowest BCUT2D eigenvalue weighted by molar-refractivity contribution is -0.119. The predicted octanol–water partition coefficient (Wildman–Crippen LogP) is 3.28. The number of anilines is 1. The summed E-state index contributed by atoms with van der Waals surface area (Å²) in [6.07, 6.45) is 0. The number of benzene rings is 2. The van der Waals surface area contributed by atoms with E-state index in [1.165, 1.54) is 27.4 Å². The van der Waals surface area contributed by atoms with Crippen molar-refractivity contribution in [1.29, 1.82) is 0 Å². The molecule has 0 aliphatic carbocycles. The summed E-state index contributed by atoms with van der Waals surface area (Å²) in [6, 6.07) is 8.20. The predicted molar refractivity (Wildman–Crippen MR) is 106 cm³/mol. The lowest BCUT2D eigenvalue weighted by Crippen LogP contribution is -2.21. The third kappa shape index (κ3) is 4.86. The van der Waals surface area contributed by atoms with E-state index in [0.717, 1.165) is 0 Å². The van der Waals surface area contributed by atoms with E-state index in [9.17, 15) is 9.59 Å². The molecule has 0 unspecified atom stereocenters. The van der Waals surface area contributed by atoms with E-state index in [1.807, 2.05) is 0 Å². The first-order valence-electron chi connectivity index (χ1n) is 8.04. The van der Waals surface area contributed by atoms with Crippen LogP contribution in [0.5, 0.6) is 23.0 Å². The second-order valence-corrected chi connectivity index (χ2v) is 6.15. The van der Waals surface area contributed by atoms with E-state index in [-0.39, 0.29) is 17.1 Å². The van der Waals surface area contributed by atoms with Crippen LogP contribution in [0.3, 0.4) is 0 Å². The maximum Gasteiger partial charge on any atom is 0.340 e. The molecule has 0 aromatic heterocycles. The van der Waals surface area contributed by atoms with E-state index in [2.05, 4.69) is 21.2 Å². The molecule has 8 nitrogen and oxygen atoms in total. The summed E-state index contributed by atoms with van der Waals surface area (Å²) in [5.74, 6) is 0.342. The largest absolute Gasteiger partial charge is 0.497 e. The molecule has 0 bridgehead atoms. The maximum absolute atomic E-state index is 12.4. The third-order valence-electron chi connectivity index (χ3n) is 3.70. The van der Waals surface area contributed by atoms with Gasteiger partial charge in [-0.25, -0.2) is 4.79 Å². The number of hydrogen-bond acceptors (Lipinski definition) is 7. The second-order valence-electron chi connectivity index (χ2n) is 5.36. The lowest BCUT2D eigenvalue weighted by Gasteiger charge is -2.16.